The number of rotatable bonds is 13. The van der Waals surface area contributed by atoms with Crippen molar-refractivity contribution in [2.75, 3.05) is 17.4 Å². The summed E-state index contributed by atoms with van der Waals surface area (Å²) in [4.78, 5) is 29.8. The maximum absolute atomic E-state index is 14.5. The second kappa shape index (κ2) is 14.8. The van der Waals surface area contributed by atoms with Crippen molar-refractivity contribution in [1.82, 2.24) is 10.2 Å². The van der Waals surface area contributed by atoms with E-state index in [0.717, 1.165) is 38.5 Å². The quantitative estimate of drug-likeness (QED) is 0.202. The molecule has 44 heavy (non-hydrogen) atoms. The van der Waals surface area contributed by atoms with Crippen LogP contribution in [0.4, 0.5) is 5.69 Å². The lowest BCUT2D eigenvalue weighted by atomic mass is 10.0. The van der Waals surface area contributed by atoms with E-state index >= 15 is 0 Å². The molecule has 0 saturated carbocycles. The smallest absolute Gasteiger partial charge is 0.264 e. The molecule has 1 N–H and O–H groups in total. The monoisotopic (exact) mass is 611 g/mol. The van der Waals surface area contributed by atoms with E-state index in [1.165, 1.54) is 17.0 Å². The third-order valence-corrected chi connectivity index (χ3v) is 9.19. The third-order valence-electron chi connectivity index (χ3n) is 7.40. The number of aryl methyl sites for hydroxylation is 3. The third kappa shape index (κ3) is 8.35. The summed E-state index contributed by atoms with van der Waals surface area (Å²) in [6.45, 7) is 7.87. The first-order valence-corrected chi connectivity index (χ1v) is 16.3. The van der Waals surface area contributed by atoms with Crippen molar-refractivity contribution >= 4 is 27.5 Å². The lowest BCUT2D eigenvalue weighted by Gasteiger charge is -2.34. The van der Waals surface area contributed by atoms with E-state index in [0.29, 0.717) is 12.2 Å². The molecule has 7 nitrogen and oxygen atoms in total. The van der Waals surface area contributed by atoms with Crippen LogP contribution >= 0.6 is 0 Å². The van der Waals surface area contributed by atoms with Crippen LogP contribution in [0.15, 0.2) is 108 Å². The van der Waals surface area contributed by atoms with E-state index in [1.807, 2.05) is 88.4 Å². The predicted molar refractivity (Wildman–Crippen MR) is 176 cm³/mol. The number of carbonyl (C=O) groups is 2. The van der Waals surface area contributed by atoms with Gasteiger partial charge in [-0.3, -0.25) is 13.9 Å². The van der Waals surface area contributed by atoms with Crippen molar-refractivity contribution in [3.05, 3.63) is 131 Å². The summed E-state index contributed by atoms with van der Waals surface area (Å²) in [6, 6.07) is 30.1. The van der Waals surface area contributed by atoms with E-state index in [2.05, 4.69) is 5.32 Å². The van der Waals surface area contributed by atoms with Gasteiger partial charge in [0.2, 0.25) is 11.8 Å². The van der Waals surface area contributed by atoms with Crippen molar-refractivity contribution in [2.24, 2.45) is 0 Å². The highest BCUT2D eigenvalue weighted by Crippen LogP contribution is 2.27. The van der Waals surface area contributed by atoms with Crippen LogP contribution in [0.1, 0.15) is 41.2 Å². The maximum Gasteiger partial charge on any atom is 0.264 e. The largest absolute Gasteiger partial charge is 0.354 e. The summed E-state index contributed by atoms with van der Waals surface area (Å²) in [5.41, 5.74) is 4.95. The Balaban J connectivity index is 1.81. The standard InChI is InChI=1S/C36H41N3O4S/c1-5-20-37-36(41)34(24-30-12-8-6-9-13-30)38(25-31-18-16-27(2)17-19-31)35(40)26-39(32-22-28(3)21-29(4)23-32)44(42,43)33-14-10-7-11-15-33/h6-19,21-23,34H,5,20,24-26H2,1-4H3,(H,37,41). The fourth-order valence-electron chi connectivity index (χ4n) is 5.15. The van der Waals surface area contributed by atoms with Crippen molar-refractivity contribution < 1.29 is 18.0 Å². The minimum atomic E-state index is -4.13. The molecule has 0 bridgehead atoms. The van der Waals surface area contributed by atoms with Crippen LogP contribution in [0.25, 0.3) is 0 Å². The van der Waals surface area contributed by atoms with E-state index in [1.54, 1.807) is 30.3 Å². The molecule has 0 heterocycles. The highest BCUT2D eigenvalue weighted by atomic mass is 32.2. The first kappa shape index (κ1) is 32.5. The average Bonchev–Trinajstić information content (AvgIpc) is 3.01. The molecule has 0 spiro atoms. The van der Waals surface area contributed by atoms with Gasteiger partial charge in [-0.2, -0.15) is 0 Å². The van der Waals surface area contributed by atoms with Crippen molar-refractivity contribution in [3.8, 4) is 0 Å². The zero-order valence-corrected chi connectivity index (χ0v) is 26.7. The molecule has 0 fully saturated rings. The van der Waals surface area contributed by atoms with Gasteiger partial charge >= 0.3 is 0 Å². The van der Waals surface area contributed by atoms with E-state index < -0.39 is 28.5 Å². The highest BCUT2D eigenvalue weighted by molar-refractivity contribution is 7.92. The van der Waals surface area contributed by atoms with Crippen LogP contribution in [0.2, 0.25) is 0 Å². The summed E-state index contributed by atoms with van der Waals surface area (Å²) >= 11 is 0. The number of nitrogens with one attached hydrogen (secondary N) is 1. The maximum atomic E-state index is 14.5. The molecular formula is C36H41N3O4S. The number of nitrogens with zero attached hydrogens (tertiary/aromatic N) is 2. The van der Waals surface area contributed by atoms with Crippen molar-refractivity contribution in [1.29, 1.82) is 0 Å². The number of amides is 2. The fraction of sp³-hybridized carbons (Fsp3) is 0.278. The van der Waals surface area contributed by atoms with Gasteiger partial charge in [-0.05, 0) is 73.7 Å². The molecule has 4 rings (SSSR count). The normalized spacial score (nSPS) is 11.9. The number of benzene rings is 4. The summed E-state index contributed by atoms with van der Waals surface area (Å²) in [5.74, 6) is -0.753. The molecule has 0 aliphatic rings. The van der Waals surface area contributed by atoms with E-state index in [9.17, 15) is 18.0 Å². The van der Waals surface area contributed by atoms with Gasteiger partial charge in [-0.1, -0.05) is 91.3 Å². The SMILES string of the molecule is CCCNC(=O)C(Cc1ccccc1)N(Cc1ccc(C)cc1)C(=O)CN(c1cc(C)cc(C)c1)S(=O)(=O)c1ccccc1. The number of anilines is 1. The van der Waals surface area contributed by atoms with E-state index in [4.69, 9.17) is 0 Å². The molecule has 0 saturated heterocycles. The number of sulfonamides is 1. The average molecular weight is 612 g/mol. The minimum Gasteiger partial charge on any atom is -0.354 e. The number of hydrogen-bond donors (Lipinski definition) is 1. The molecule has 8 heteroatoms. The zero-order valence-electron chi connectivity index (χ0n) is 25.9. The molecular weight excluding hydrogens is 570 g/mol. The van der Waals surface area contributed by atoms with E-state index in [-0.39, 0.29) is 23.8 Å². The van der Waals surface area contributed by atoms with Gasteiger partial charge in [0.05, 0.1) is 10.6 Å². The summed E-state index contributed by atoms with van der Waals surface area (Å²) in [6.07, 6.45) is 1.02. The molecule has 4 aromatic rings. The molecule has 0 aliphatic heterocycles. The molecule has 1 unspecified atom stereocenters. The molecule has 0 aliphatic carbocycles. The Morgan fingerprint density at radius 1 is 0.750 bits per heavy atom. The van der Waals surface area contributed by atoms with Crippen LogP contribution in [0.3, 0.4) is 0 Å². The Morgan fingerprint density at radius 2 is 1.34 bits per heavy atom. The van der Waals surface area contributed by atoms with Crippen LogP contribution in [-0.2, 0) is 32.6 Å². The predicted octanol–water partition coefficient (Wildman–Crippen LogP) is 5.97. The number of carbonyl (C=O) groups excluding carboxylic acids is 2. The molecule has 2 amide bonds. The van der Waals surface area contributed by atoms with Crippen LogP contribution in [0.5, 0.6) is 0 Å². The Hall–Kier alpha value is -4.43. The highest BCUT2D eigenvalue weighted by Gasteiger charge is 2.34. The second-order valence-corrected chi connectivity index (χ2v) is 13.0. The van der Waals surface area contributed by atoms with Crippen LogP contribution < -0.4 is 9.62 Å². The number of hydrogen-bond acceptors (Lipinski definition) is 4. The molecule has 4 aromatic carbocycles. The van der Waals surface area contributed by atoms with Crippen molar-refractivity contribution in [2.45, 2.75) is 58.0 Å². The van der Waals surface area contributed by atoms with Gasteiger partial charge < -0.3 is 10.2 Å². The van der Waals surface area contributed by atoms with Crippen LogP contribution in [-0.4, -0.2) is 44.3 Å². The van der Waals surface area contributed by atoms with Gasteiger partial charge in [0.25, 0.3) is 10.0 Å². The lowest BCUT2D eigenvalue weighted by Crippen LogP contribution is -2.53. The minimum absolute atomic E-state index is 0.0820. The summed E-state index contributed by atoms with van der Waals surface area (Å²) in [7, 11) is -4.13. The Kier molecular flexibility index (Phi) is 11.0. The Bertz CT molecular complexity index is 1640. The summed E-state index contributed by atoms with van der Waals surface area (Å²) in [5, 5.41) is 2.97. The van der Waals surface area contributed by atoms with Crippen LogP contribution in [0, 0.1) is 20.8 Å². The van der Waals surface area contributed by atoms with Crippen molar-refractivity contribution in [3.63, 3.8) is 0 Å². The fourth-order valence-corrected chi connectivity index (χ4v) is 6.57. The van der Waals surface area contributed by atoms with Gasteiger partial charge in [0.15, 0.2) is 0 Å². The first-order chi connectivity index (χ1) is 21.1. The van der Waals surface area contributed by atoms with Gasteiger partial charge in [0, 0.05) is 19.5 Å². The summed E-state index contributed by atoms with van der Waals surface area (Å²) < 4.78 is 29.4. The molecule has 0 radical (unpaired) electrons. The van der Waals surface area contributed by atoms with Gasteiger partial charge in [-0.25, -0.2) is 8.42 Å². The van der Waals surface area contributed by atoms with Gasteiger partial charge in [-0.15, -0.1) is 0 Å². The topological polar surface area (TPSA) is 86.8 Å². The second-order valence-electron chi connectivity index (χ2n) is 11.2. The zero-order chi connectivity index (χ0) is 31.7. The first-order valence-electron chi connectivity index (χ1n) is 14.9. The molecule has 230 valence electrons. The molecule has 1 atom stereocenters. The lowest BCUT2D eigenvalue weighted by molar-refractivity contribution is -0.140. The van der Waals surface area contributed by atoms with Gasteiger partial charge in [0.1, 0.15) is 12.6 Å². The Morgan fingerprint density at radius 3 is 1.93 bits per heavy atom. The molecule has 0 aromatic heterocycles. The Labute approximate surface area is 261 Å².